The minimum Gasteiger partial charge on any atom is -0.457 e. The van der Waals surface area contributed by atoms with E-state index >= 15 is 0 Å². The van der Waals surface area contributed by atoms with Crippen LogP contribution in [0.5, 0.6) is 11.5 Å². The highest BCUT2D eigenvalue weighted by Crippen LogP contribution is 2.34. The molecule has 3 aromatic heterocycles. The van der Waals surface area contributed by atoms with Crippen LogP contribution in [-0.2, 0) is 0 Å². The average molecular weight is 513 g/mol. The summed E-state index contributed by atoms with van der Waals surface area (Å²) in [6.07, 6.45) is 5.99. The normalized spacial score (nSPS) is 13.2. The highest BCUT2D eigenvalue weighted by Gasteiger charge is 2.20. The second kappa shape index (κ2) is 9.06. The Bertz CT molecular complexity index is 1830. The third kappa shape index (κ3) is 3.90. The second-order valence-electron chi connectivity index (χ2n) is 9.92. The molecule has 0 bridgehead atoms. The fourth-order valence-electron chi connectivity index (χ4n) is 5.47. The van der Waals surface area contributed by atoms with Gasteiger partial charge >= 0.3 is 0 Å². The monoisotopic (exact) mass is 512 g/mol. The molecule has 0 spiro atoms. The van der Waals surface area contributed by atoms with Crippen molar-refractivity contribution in [2.75, 3.05) is 18.6 Å². The summed E-state index contributed by atoms with van der Waals surface area (Å²) in [5, 5.41) is 7.28. The molecule has 0 aliphatic carbocycles. The lowest BCUT2D eigenvalue weighted by Crippen LogP contribution is -2.21. The summed E-state index contributed by atoms with van der Waals surface area (Å²) in [6, 6.07) is 28.8. The number of para-hydroxylation sites is 1. The van der Waals surface area contributed by atoms with E-state index in [9.17, 15) is 0 Å². The molecule has 7 rings (SSSR count). The fourth-order valence-corrected chi connectivity index (χ4v) is 5.47. The van der Waals surface area contributed by atoms with Crippen molar-refractivity contribution >= 4 is 27.6 Å². The van der Waals surface area contributed by atoms with Crippen molar-refractivity contribution in [3.8, 4) is 22.9 Å². The SMILES string of the molecule is Cc1nn(-c2cccc(Oc3cccc(N4C=CN(C)C4)c3)c2)c(C)c1-n1c2ccccc2c2cccnc21. The summed E-state index contributed by atoms with van der Waals surface area (Å²) in [6.45, 7) is 4.98. The highest BCUT2D eigenvalue weighted by molar-refractivity contribution is 6.07. The van der Waals surface area contributed by atoms with Crippen molar-refractivity contribution < 1.29 is 4.74 Å². The van der Waals surface area contributed by atoms with Gasteiger partial charge < -0.3 is 14.5 Å². The molecule has 0 atom stereocenters. The number of nitrogens with zero attached hydrogens (tertiary/aromatic N) is 6. The lowest BCUT2D eigenvalue weighted by atomic mass is 10.2. The van der Waals surface area contributed by atoms with E-state index in [0.717, 1.165) is 63.2 Å². The van der Waals surface area contributed by atoms with Gasteiger partial charge in [0.2, 0.25) is 0 Å². The number of ether oxygens (including phenoxy) is 1. The summed E-state index contributed by atoms with van der Waals surface area (Å²) in [5.41, 5.74) is 7.09. The fraction of sp³-hybridized carbons (Fsp3) is 0.125. The number of rotatable bonds is 5. The minimum absolute atomic E-state index is 0.756. The molecule has 0 saturated heterocycles. The van der Waals surface area contributed by atoms with Gasteiger partial charge in [-0.1, -0.05) is 30.3 Å². The first-order valence-electron chi connectivity index (χ1n) is 13.0. The number of pyridine rings is 1. The molecule has 4 heterocycles. The molecule has 6 aromatic rings. The van der Waals surface area contributed by atoms with Crippen molar-refractivity contribution in [3.63, 3.8) is 0 Å². The van der Waals surface area contributed by atoms with Crippen molar-refractivity contribution in [1.82, 2.24) is 24.2 Å². The van der Waals surface area contributed by atoms with Gasteiger partial charge in [0.25, 0.3) is 0 Å². The Hall–Kier alpha value is -5.04. The largest absolute Gasteiger partial charge is 0.457 e. The van der Waals surface area contributed by atoms with Crippen LogP contribution in [0, 0.1) is 13.8 Å². The van der Waals surface area contributed by atoms with Crippen LogP contribution in [0.15, 0.2) is 104 Å². The summed E-state index contributed by atoms with van der Waals surface area (Å²) in [5.74, 6) is 1.55. The Labute approximate surface area is 226 Å². The lowest BCUT2D eigenvalue weighted by molar-refractivity contribution is 0.480. The molecule has 0 saturated carbocycles. The maximum atomic E-state index is 6.31. The number of hydrogen-bond donors (Lipinski definition) is 0. The van der Waals surface area contributed by atoms with E-state index in [4.69, 9.17) is 14.8 Å². The molecular weight excluding hydrogens is 484 g/mol. The highest BCUT2D eigenvalue weighted by atomic mass is 16.5. The minimum atomic E-state index is 0.756. The van der Waals surface area contributed by atoms with Gasteiger partial charge in [0.1, 0.15) is 17.1 Å². The van der Waals surface area contributed by atoms with E-state index in [1.807, 2.05) is 47.3 Å². The Kier molecular flexibility index (Phi) is 5.37. The molecule has 7 heteroatoms. The average Bonchev–Trinajstić information content (AvgIpc) is 3.62. The van der Waals surface area contributed by atoms with Crippen LogP contribution in [0.3, 0.4) is 0 Å². The molecule has 39 heavy (non-hydrogen) atoms. The van der Waals surface area contributed by atoms with Crippen molar-refractivity contribution in [2.24, 2.45) is 0 Å². The van der Waals surface area contributed by atoms with E-state index in [1.54, 1.807) is 0 Å². The zero-order valence-corrected chi connectivity index (χ0v) is 22.1. The molecule has 0 unspecified atom stereocenters. The van der Waals surface area contributed by atoms with Crippen LogP contribution in [-0.4, -0.2) is 37.9 Å². The maximum absolute atomic E-state index is 6.31. The van der Waals surface area contributed by atoms with E-state index in [-0.39, 0.29) is 0 Å². The van der Waals surface area contributed by atoms with Gasteiger partial charge in [-0.3, -0.25) is 4.57 Å². The Balaban J connectivity index is 1.26. The van der Waals surface area contributed by atoms with Gasteiger partial charge in [-0.25, -0.2) is 9.67 Å². The van der Waals surface area contributed by atoms with Crippen LogP contribution >= 0.6 is 0 Å². The Morgan fingerprint density at radius 1 is 0.769 bits per heavy atom. The number of hydrogen-bond acceptors (Lipinski definition) is 5. The number of benzene rings is 3. The van der Waals surface area contributed by atoms with Crippen molar-refractivity contribution in [1.29, 1.82) is 0 Å². The first-order valence-corrected chi connectivity index (χ1v) is 13.0. The van der Waals surface area contributed by atoms with E-state index in [0.29, 0.717) is 0 Å². The van der Waals surface area contributed by atoms with Crippen molar-refractivity contribution in [3.05, 3.63) is 115 Å². The molecule has 1 aliphatic rings. The lowest BCUT2D eigenvalue weighted by Gasteiger charge is -2.19. The molecule has 0 N–H and O–H groups in total. The second-order valence-corrected chi connectivity index (χ2v) is 9.92. The van der Waals surface area contributed by atoms with E-state index in [2.05, 4.69) is 96.2 Å². The molecule has 3 aromatic carbocycles. The molecule has 0 amide bonds. The zero-order valence-electron chi connectivity index (χ0n) is 22.1. The first kappa shape index (κ1) is 23.1. The Morgan fingerprint density at radius 2 is 1.51 bits per heavy atom. The first-order chi connectivity index (χ1) is 19.1. The number of fused-ring (bicyclic) bond motifs is 3. The summed E-state index contributed by atoms with van der Waals surface area (Å²) >= 11 is 0. The van der Waals surface area contributed by atoms with Crippen LogP contribution < -0.4 is 9.64 Å². The third-order valence-electron chi connectivity index (χ3n) is 7.23. The third-order valence-corrected chi connectivity index (χ3v) is 7.23. The van der Waals surface area contributed by atoms with Gasteiger partial charge in [-0.2, -0.15) is 5.10 Å². The number of aryl methyl sites for hydroxylation is 1. The van der Waals surface area contributed by atoms with Crippen LogP contribution in [0.25, 0.3) is 33.3 Å². The van der Waals surface area contributed by atoms with Gasteiger partial charge in [0.05, 0.1) is 34.9 Å². The summed E-state index contributed by atoms with van der Waals surface area (Å²) in [7, 11) is 2.06. The van der Waals surface area contributed by atoms with Gasteiger partial charge in [-0.15, -0.1) is 0 Å². The summed E-state index contributed by atoms with van der Waals surface area (Å²) < 4.78 is 10.5. The number of anilines is 1. The van der Waals surface area contributed by atoms with Gasteiger partial charge in [0.15, 0.2) is 0 Å². The van der Waals surface area contributed by atoms with Gasteiger partial charge in [0, 0.05) is 54.2 Å². The van der Waals surface area contributed by atoms with E-state index < -0.39 is 0 Å². The standard InChI is InChI=1S/C32H28N6O/c1-22-31(37-30-15-5-4-13-28(30)29-14-8-16-33-32(29)37)23(2)38(34-22)25-10-7-12-27(20-25)39-26-11-6-9-24(19-26)36-18-17-35(3)21-36/h4-20H,21H2,1-3H3. The molecule has 0 fully saturated rings. The van der Waals surface area contributed by atoms with Crippen LogP contribution in [0.1, 0.15) is 11.4 Å². The predicted molar refractivity (Wildman–Crippen MR) is 156 cm³/mol. The zero-order chi connectivity index (χ0) is 26.5. The maximum Gasteiger partial charge on any atom is 0.145 e. The smallest absolute Gasteiger partial charge is 0.145 e. The molecule has 0 radical (unpaired) electrons. The quantitative estimate of drug-likeness (QED) is 0.250. The molecule has 192 valence electrons. The molecular formula is C32H28N6O. The molecule has 1 aliphatic heterocycles. The Morgan fingerprint density at radius 3 is 2.31 bits per heavy atom. The van der Waals surface area contributed by atoms with Crippen LogP contribution in [0.4, 0.5) is 5.69 Å². The van der Waals surface area contributed by atoms with Crippen molar-refractivity contribution in [2.45, 2.75) is 13.8 Å². The molecule has 7 nitrogen and oxygen atoms in total. The van der Waals surface area contributed by atoms with Gasteiger partial charge in [-0.05, 0) is 56.3 Å². The van der Waals surface area contributed by atoms with E-state index in [1.165, 1.54) is 5.39 Å². The number of aromatic nitrogens is 4. The van der Waals surface area contributed by atoms with Crippen LogP contribution in [0.2, 0.25) is 0 Å². The summed E-state index contributed by atoms with van der Waals surface area (Å²) in [4.78, 5) is 9.07. The predicted octanol–water partition coefficient (Wildman–Crippen LogP) is 6.95. The topological polar surface area (TPSA) is 51.4 Å².